The van der Waals surface area contributed by atoms with E-state index in [-0.39, 0.29) is 5.91 Å². The maximum atomic E-state index is 11.7. The highest BCUT2D eigenvalue weighted by Crippen LogP contribution is 2.21. The molecule has 23 heavy (non-hydrogen) atoms. The van der Waals surface area contributed by atoms with Crippen LogP contribution in [-0.2, 0) is 4.79 Å². The van der Waals surface area contributed by atoms with E-state index in [1.54, 1.807) is 11.8 Å². The molecular weight excluding hydrogens is 352 g/mol. The quantitative estimate of drug-likeness (QED) is 0.374. The van der Waals surface area contributed by atoms with Gasteiger partial charge in [-0.1, -0.05) is 29.5 Å². The van der Waals surface area contributed by atoms with Crippen LogP contribution in [0.2, 0.25) is 0 Å². The number of hydrogen-bond acceptors (Lipinski definition) is 6. The minimum atomic E-state index is -0.0440. The number of amides is 1. The fraction of sp³-hybridized carbons (Fsp3) is 0.400. The molecule has 5 nitrogen and oxygen atoms in total. The van der Waals surface area contributed by atoms with Crippen molar-refractivity contribution < 1.29 is 4.79 Å². The molecule has 1 heterocycles. The average molecular weight is 371 g/mol. The fourth-order valence-electron chi connectivity index (χ4n) is 1.75. The van der Waals surface area contributed by atoms with Crippen molar-refractivity contribution in [3.8, 4) is 0 Å². The smallest absolute Gasteiger partial charge is 0.226 e. The second kappa shape index (κ2) is 10.5. The standard InChI is InChI=1S/C15H19ClN4OS2/c16-9-5-4-8-13(21)18-15-20-19-14(23-15)17-10-11-22-12-6-2-1-3-7-12/h1-3,6-7H,4-5,8-11H2,(H,17,19)(H,18,20,21). The minimum absolute atomic E-state index is 0.0440. The summed E-state index contributed by atoms with van der Waals surface area (Å²) in [4.78, 5) is 12.9. The number of unbranched alkanes of at least 4 members (excludes halogenated alkanes) is 1. The molecular formula is C15H19ClN4OS2. The van der Waals surface area contributed by atoms with Gasteiger partial charge in [0.1, 0.15) is 0 Å². The van der Waals surface area contributed by atoms with Crippen LogP contribution in [0.25, 0.3) is 0 Å². The summed E-state index contributed by atoms with van der Waals surface area (Å²) in [6.07, 6.45) is 2.09. The Morgan fingerprint density at radius 3 is 2.74 bits per heavy atom. The number of nitrogens with one attached hydrogen (secondary N) is 2. The Morgan fingerprint density at radius 2 is 1.96 bits per heavy atom. The molecule has 0 saturated heterocycles. The predicted octanol–water partition coefficient (Wildman–Crippen LogP) is 4.09. The Hall–Kier alpha value is -1.31. The summed E-state index contributed by atoms with van der Waals surface area (Å²) in [5.74, 6) is 1.47. The average Bonchev–Trinajstić information content (AvgIpc) is 3.00. The number of aromatic nitrogens is 2. The third kappa shape index (κ3) is 7.20. The summed E-state index contributed by atoms with van der Waals surface area (Å²) in [5.41, 5.74) is 0. The number of rotatable bonds is 10. The van der Waals surface area contributed by atoms with Crippen molar-refractivity contribution in [2.24, 2.45) is 0 Å². The van der Waals surface area contributed by atoms with Crippen molar-refractivity contribution in [2.45, 2.75) is 24.2 Å². The Morgan fingerprint density at radius 1 is 1.17 bits per heavy atom. The van der Waals surface area contributed by atoms with E-state index in [9.17, 15) is 4.79 Å². The molecule has 0 spiro atoms. The highest BCUT2D eigenvalue weighted by molar-refractivity contribution is 7.99. The first kappa shape index (κ1) is 18.0. The molecule has 8 heteroatoms. The molecule has 1 aromatic carbocycles. The molecule has 1 aromatic heterocycles. The van der Waals surface area contributed by atoms with Gasteiger partial charge in [0.25, 0.3) is 0 Å². The molecule has 0 radical (unpaired) electrons. The van der Waals surface area contributed by atoms with Crippen LogP contribution in [0.15, 0.2) is 35.2 Å². The van der Waals surface area contributed by atoms with Gasteiger partial charge in [-0.2, -0.15) is 0 Å². The van der Waals surface area contributed by atoms with E-state index in [0.717, 1.165) is 30.3 Å². The summed E-state index contributed by atoms with van der Waals surface area (Å²) >= 11 is 8.71. The van der Waals surface area contributed by atoms with Crippen molar-refractivity contribution in [1.29, 1.82) is 0 Å². The molecule has 2 N–H and O–H groups in total. The lowest BCUT2D eigenvalue weighted by atomic mass is 10.2. The summed E-state index contributed by atoms with van der Waals surface area (Å²) < 4.78 is 0. The molecule has 0 aliphatic carbocycles. The Bertz CT molecular complexity index is 594. The molecule has 0 fully saturated rings. The van der Waals surface area contributed by atoms with Crippen LogP contribution in [0.4, 0.5) is 10.3 Å². The van der Waals surface area contributed by atoms with E-state index >= 15 is 0 Å². The van der Waals surface area contributed by atoms with Gasteiger partial charge in [0.05, 0.1) is 0 Å². The van der Waals surface area contributed by atoms with Gasteiger partial charge in [0.15, 0.2) is 0 Å². The lowest BCUT2D eigenvalue weighted by molar-refractivity contribution is -0.116. The second-order valence-electron chi connectivity index (χ2n) is 4.69. The normalized spacial score (nSPS) is 10.5. The van der Waals surface area contributed by atoms with Crippen LogP contribution in [-0.4, -0.2) is 34.3 Å². The van der Waals surface area contributed by atoms with Gasteiger partial charge in [0.2, 0.25) is 16.2 Å². The number of hydrogen-bond donors (Lipinski definition) is 2. The van der Waals surface area contributed by atoms with Gasteiger partial charge in [0, 0.05) is 29.5 Å². The molecule has 124 valence electrons. The molecule has 0 unspecified atom stereocenters. The number of carbonyl (C=O) groups is 1. The molecule has 0 saturated carbocycles. The SMILES string of the molecule is O=C(CCCCCl)Nc1nnc(NCCSc2ccccc2)s1. The first-order valence-electron chi connectivity index (χ1n) is 7.39. The first-order chi connectivity index (χ1) is 11.3. The number of nitrogens with zero attached hydrogens (tertiary/aromatic N) is 2. The van der Waals surface area contributed by atoms with Crippen molar-refractivity contribution in [3.63, 3.8) is 0 Å². The minimum Gasteiger partial charge on any atom is -0.359 e. The Balaban J connectivity index is 1.65. The van der Waals surface area contributed by atoms with Crippen molar-refractivity contribution >= 4 is 50.9 Å². The van der Waals surface area contributed by atoms with Crippen LogP contribution in [0.1, 0.15) is 19.3 Å². The van der Waals surface area contributed by atoms with Crippen molar-refractivity contribution in [2.75, 3.05) is 28.8 Å². The maximum absolute atomic E-state index is 11.7. The van der Waals surface area contributed by atoms with E-state index < -0.39 is 0 Å². The highest BCUT2D eigenvalue weighted by atomic mass is 35.5. The summed E-state index contributed by atoms with van der Waals surface area (Å²) in [6.45, 7) is 0.790. The zero-order chi connectivity index (χ0) is 16.3. The van der Waals surface area contributed by atoms with Gasteiger partial charge in [-0.15, -0.1) is 33.6 Å². The third-order valence-corrected chi connectivity index (χ3v) is 4.93. The number of carbonyl (C=O) groups excluding carboxylic acids is 1. The molecule has 1 amide bonds. The van der Waals surface area contributed by atoms with Gasteiger partial charge < -0.3 is 10.6 Å². The van der Waals surface area contributed by atoms with Crippen LogP contribution >= 0.6 is 34.7 Å². The topological polar surface area (TPSA) is 66.9 Å². The summed E-state index contributed by atoms with van der Waals surface area (Å²) in [6, 6.07) is 10.3. The summed E-state index contributed by atoms with van der Waals surface area (Å²) in [7, 11) is 0. The first-order valence-corrected chi connectivity index (χ1v) is 9.72. The van der Waals surface area contributed by atoms with Crippen LogP contribution < -0.4 is 10.6 Å². The Kier molecular flexibility index (Phi) is 8.20. The zero-order valence-electron chi connectivity index (χ0n) is 12.6. The van der Waals surface area contributed by atoms with E-state index in [1.807, 2.05) is 18.2 Å². The number of halogens is 1. The lowest BCUT2D eigenvalue weighted by Crippen LogP contribution is -2.10. The highest BCUT2D eigenvalue weighted by Gasteiger charge is 2.07. The second-order valence-corrected chi connectivity index (χ2v) is 7.22. The number of thioether (sulfide) groups is 1. The van der Waals surface area contributed by atoms with E-state index in [4.69, 9.17) is 11.6 Å². The Labute approximate surface area is 149 Å². The lowest BCUT2D eigenvalue weighted by Gasteiger charge is -2.02. The molecule has 2 rings (SSSR count). The molecule has 0 aliphatic heterocycles. The van der Waals surface area contributed by atoms with Crippen LogP contribution in [0.3, 0.4) is 0 Å². The monoisotopic (exact) mass is 370 g/mol. The van der Waals surface area contributed by atoms with Crippen LogP contribution in [0.5, 0.6) is 0 Å². The third-order valence-electron chi connectivity index (χ3n) is 2.85. The largest absolute Gasteiger partial charge is 0.359 e. The maximum Gasteiger partial charge on any atom is 0.226 e. The van der Waals surface area contributed by atoms with Gasteiger partial charge in [-0.25, -0.2) is 0 Å². The van der Waals surface area contributed by atoms with Crippen molar-refractivity contribution in [1.82, 2.24) is 10.2 Å². The zero-order valence-corrected chi connectivity index (χ0v) is 15.0. The fourth-order valence-corrected chi connectivity index (χ4v) is 3.41. The van der Waals surface area contributed by atoms with E-state index in [0.29, 0.717) is 17.4 Å². The van der Waals surface area contributed by atoms with E-state index in [1.165, 1.54) is 16.2 Å². The van der Waals surface area contributed by atoms with E-state index in [2.05, 4.69) is 33.0 Å². The molecule has 0 bridgehead atoms. The van der Waals surface area contributed by atoms with Gasteiger partial charge in [-0.3, -0.25) is 4.79 Å². The number of alkyl halides is 1. The van der Waals surface area contributed by atoms with Gasteiger partial charge >= 0.3 is 0 Å². The molecule has 0 aliphatic rings. The number of anilines is 2. The molecule has 0 atom stereocenters. The van der Waals surface area contributed by atoms with Crippen molar-refractivity contribution in [3.05, 3.63) is 30.3 Å². The summed E-state index contributed by atoms with van der Waals surface area (Å²) in [5, 5.41) is 15.2. The predicted molar refractivity (Wildman–Crippen MR) is 98.8 cm³/mol. The van der Waals surface area contributed by atoms with Crippen LogP contribution in [0, 0.1) is 0 Å². The van der Waals surface area contributed by atoms with Gasteiger partial charge in [-0.05, 0) is 25.0 Å². The molecule has 2 aromatic rings. The number of benzene rings is 1.